The van der Waals surface area contributed by atoms with E-state index in [0.717, 1.165) is 36.1 Å². The smallest absolute Gasteiger partial charge is 0.259 e. The molecule has 1 N–H and O–H groups in total. The Labute approximate surface area is 186 Å². The van der Waals surface area contributed by atoms with Crippen molar-refractivity contribution in [3.8, 4) is 11.8 Å². The number of Topliss-reactive ketones (excluding diaryl/α,β-unsaturated/α-hetero) is 1. The summed E-state index contributed by atoms with van der Waals surface area (Å²) in [7, 11) is 0. The number of thiophene rings is 1. The van der Waals surface area contributed by atoms with Crippen molar-refractivity contribution in [2.45, 2.75) is 38.5 Å². The predicted molar refractivity (Wildman–Crippen MR) is 118 cm³/mol. The molecule has 0 saturated heterocycles. The molecule has 0 aliphatic heterocycles. The summed E-state index contributed by atoms with van der Waals surface area (Å²) in [5.74, 6) is -2.10. The first-order chi connectivity index (χ1) is 15.5. The molecular weight excluding hydrogens is 429 g/mol. The number of halogens is 1. The van der Waals surface area contributed by atoms with Gasteiger partial charge in [-0.05, 0) is 62.4 Å². The van der Waals surface area contributed by atoms with Gasteiger partial charge in [0.1, 0.15) is 16.5 Å². The van der Waals surface area contributed by atoms with Crippen LogP contribution in [0, 0.1) is 24.1 Å². The molecule has 4 aromatic rings. The van der Waals surface area contributed by atoms with Crippen LogP contribution in [0.25, 0.3) is 15.9 Å². The fourth-order valence-electron chi connectivity index (χ4n) is 4.21. The molecule has 1 aliphatic rings. The van der Waals surface area contributed by atoms with Gasteiger partial charge in [0.25, 0.3) is 5.56 Å². The van der Waals surface area contributed by atoms with Crippen molar-refractivity contribution in [2.24, 2.45) is 0 Å². The van der Waals surface area contributed by atoms with Crippen molar-refractivity contribution in [2.75, 3.05) is 0 Å². The number of nitriles is 1. The van der Waals surface area contributed by atoms with E-state index in [-0.39, 0.29) is 22.8 Å². The van der Waals surface area contributed by atoms with Gasteiger partial charge in [0.15, 0.2) is 11.7 Å². The van der Waals surface area contributed by atoms with Crippen LogP contribution in [0.2, 0.25) is 0 Å². The topological polar surface area (TPSA) is 104 Å². The van der Waals surface area contributed by atoms with E-state index in [1.165, 1.54) is 34.3 Å². The van der Waals surface area contributed by atoms with Crippen LogP contribution in [0.4, 0.5) is 4.39 Å². The molecule has 7 nitrogen and oxygen atoms in total. The monoisotopic (exact) mass is 447 g/mol. The number of nitrogens with zero attached hydrogens (tertiary/aromatic N) is 4. The largest absolute Gasteiger partial charge is 0.308 e. The molecule has 1 aromatic carbocycles. The van der Waals surface area contributed by atoms with Crippen LogP contribution in [-0.2, 0) is 12.8 Å². The maximum absolute atomic E-state index is 13.2. The molecule has 5 rings (SSSR count). The molecule has 0 fully saturated rings. The zero-order valence-corrected chi connectivity index (χ0v) is 18.0. The van der Waals surface area contributed by atoms with Gasteiger partial charge in [-0.25, -0.2) is 14.1 Å². The number of hydrogen-bond acceptors (Lipinski definition) is 6. The van der Waals surface area contributed by atoms with E-state index >= 15 is 0 Å². The van der Waals surface area contributed by atoms with Gasteiger partial charge >= 0.3 is 0 Å². The Kier molecular flexibility index (Phi) is 4.94. The number of carbonyl (C=O) groups is 1. The lowest BCUT2D eigenvalue weighted by atomic mass is 9.96. The van der Waals surface area contributed by atoms with E-state index in [2.05, 4.69) is 15.1 Å². The van der Waals surface area contributed by atoms with E-state index in [1.807, 2.05) is 6.07 Å². The average molecular weight is 447 g/mol. The van der Waals surface area contributed by atoms with Gasteiger partial charge in [0, 0.05) is 4.88 Å². The van der Waals surface area contributed by atoms with Gasteiger partial charge in [-0.2, -0.15) is 10.4 Å². The maximum Gasteiger partial charge on any atom is 0.259 e. The number of H-pyrrole nitrogens is 1. The number of aromatic amines is 1. The summed E-state index contributed by atoms with van der Waals surface area (Å²) >= 11 is 1.47. The summed E-state index contributed by atoms with van der Waals surface area (Å²) in [6.45, 7) is 1.70. The summed E-state index contributed by atoms with van der Waals surface area (Å²) in [5.41, 5.74) is 2.09. The molecule has 3 heterocycles. The van der Waals surface area contributed by atoms with E-state index in [4.69, 9.17) is 0 Å². The van der Waals surface area contributed by atoms with Crippen molar-refractivity contribution in [3.63, 3.8) is 0 Å². The first kappa shape index (κ1) is 20.3. The zero-order chi connectivity index (χ0) is 22.4. The first-order valence-corrected chi connectivity index (χ1v) is 11.1. The van der Waals surface area contributed by atoms with Crippen molar-refractivity contribution < 1.29 is 9.18 Å². The van der Waals surface area contributed by atoms with Gasteiger partial charge in [-0.15, -0.1) is 11.3 Å². The van der Waals surface area contributed by atoms with Gasteiger partial charge in [-0.3, -0.25) is 9.59 Å². The zero-order valence-electron chi connectivity index (χ0n) is 17.2. The summed E-state index contributed by atoms with van der Waals surface area (Å²) in [5, 5.41) is 14.6. The summed E-state index contributed by atoms with van der Waals surface area (Å²) in [6, 6.07) is 7.71. The standard InChI is InChI=1S/C23H18FN5O2S/c1-12-17(11-26-29(12)14-8-6-13(24)7-9-14)20(30)16(10-25)21-27-22(31)19-15-4-2-3-5-18(15)32-23(19)28-21/h6-9,11,16H,2-5H2,1H3,(H,27,28,31). The molecule has 32 heavy (non-hydrogen) atoms. The number of aromatic nitrogens is 4. The highest BCUT2D eigenvalue weighted by atomic mass is 32.1. The Balaban J connectivity index is 1.54. The third-order valence-corrected chi connectivity index (χ3v) is 7.04. The third-order valence-electron chi connectivity index (χ3n) is 5.85. The quantitative estimate of drug-likeness (QED) is 0.477. The normalized spacial score (nSPS) is 14.2. The number of aryl methyl sites for hydroxylation is 2. The number of nitrogens with one attached hydrogen (secondary N) is 1. The minimum Gasteiger partial charge on any atom is -0.308 e. The number of rotatable bonds is 4. The second kappa shape index (κ2) is 7.80. The fraction of sp³-hybridized carbons (Fsp3) is 0.261. The Morgan fingerprint density at radius 2 is 2.03 bits per heavy atom. The van der Waals surface area contributed by atoms with Crippen molar-refractivity contribution in [1.29, 1.82) is 5.26 Å². The molecule has 160 valence electrons. The van der Waals surface area contributed by atoms with E-state index < -0.39 is 11.7 Å². The van der Waals surface area contributed by atoms with Crippen molar-refractivity contribution in [3.05, 3.63) is 74.2 Å². The molecule has 0 spiro atoms. The fourth-order valence-corrected chi connectivity index (χ4v) is 5.48. The second-order valence-electron chi connectivity index (χ2n) is 7.80. The number of fused-ring (bicyclic) bond motifs is 3. The Morgan fingerprint density at radius 3 is 2.78 bits per heavy atom. The molecule has 0 radical (unpaired) electrons. The number of ketones is 1. The Hall–Kier alpha value is -3.64. The van der Waals surface area contributed by atoms with Crippen LogP contribution >= 0.6 is 11.3 Å². The summed E-state index contributed by atoms with van der Waals surface area (Å²) < 4.78 is 14.7. The molecule has 0 saturated carbocycles. The van der Waals surface area contributed by atoms with Gasteiger partial charge in [0.2, 0.25) is 0 Å². The lowest BCUT2D eigenvalue weighted by Crippen LogP contribution is -2.20. The number of carbonyl (C=O) groups excluding carboxylic acids is 1. The SMILES string of the molecule is Cc1c(C(=O)C(C#N)c2nc3sc4c(c3c(=O)[nH]2)CCCC4)cnn1-c1ccc(F)cc1. The third kappa shape index (κ3) is 3.24. The van der Waals surface area contributed by atoms with Crippen LogP contribution in [0.15, 0.2) is 35.3 Å². The Bertz CT molecular complexity index is 1460. The van der Waals surface area contributed by atoms with Crippen LogP contribution in [0.1, 0.15) is 51.1 Å². The molecule has 1 aliphatic carbocycles. The minimum atomic E-state index is -1.27. The molecule has 0 amide bonds. The minimum absolute atomic E-state index is 0.0440. The summed E-state index contributed by atoms with van der Waals surface area (Å²) in [6.07, 6.45) is 5.28. The average Bonchev–Trinajstić information content (AvgIpc) is 3.35. The molecule has 1 unspecified atom stereocenters. The van der Waals surface area contributed by atoms with Crippen LogP contribution in [0.3, 0.4) is 0 Å². The predicted octanol–water partition coefficient (Wildman–Crippen LogP) is 3.99. The maximum atomic E-state index is 13.2. The lowest BCUT2D eigenvalue weighted by Gasteiger charge is -2.10. The molecular formula is C23H18FN5O2S. The van der Waals surface area contributed by atoms with Crippen molar-refractivity contribution in [1.82, 2.24) is 19.7 Å². The highest BCUT2D eigenvalue weighted by Crippen LogP contribution is 2.34. The van der Waals surface area contributed by atoms with E-state index in [1.54, 1.807) is 19.1 Å². The lowest BCUT2D eigenvalue weighted by molar-refractivity contribution is 0.0975. The molecule has 1 atom stereocenters. The van der Waals surface area contributed by atoms with E-state index in [0.29, 0.717) is 21.6 Å². The van der Waals surface area contributed by atoms with Gasteiger partial charge in [-0.1, -0.05) is 0 Å². The highest BCUT2D eigenvalue weighted by molar-refractivity contribution is 7.18. The molecule has 3 aromatic heterocycles. The highest BCUT2D eigenvalue weighted by Gasteiger charge is 2.29. The van der Waals surface area contributed by atoms with Crippen LogP contribution in [-0.4, -0.2) is 25.5 Å². The van der Waals surface area contributed by atoms with E-state index in [9.17, 15) is 19.2 Å². The molecule has 9 heteroatoms. The Morgan fingerprint density at radius 1 is 1.28 bits per heavy atom. The number of hydrogen-bond donors (Lipinski definition) is 1. The van der Waals surface area contributed by atoms with Crippen molar-refractivity contribution >= 4 is 27.3 Å². The second-order valence-corrected chi connectivity index (χ2v) is 8.88. The first-order valence-electron chi connectivity index (χ1n) is 10.3. The van der Waals surface area contributed by atoms with Gasteiger partial charge in [0.05, 0.1) is 34.6 Å². The van der Waals surface area contributed by atoms with Crippen LogP contribution < -0.4 is 5.56 Å². The molecule has 0 bridgehead atoms. The number of benzene rings is 1. The summed E-state index contributed by atoms with van der Waals surface area (Å²) in [4.78, 5) is 35.0. The van der Waals surface area contributed by atoms with Crippen LogP contribution in [0.5, 0.6) is 0 Å². The van der Waals surface area contributed by atoms with Gasteiger partial charge < -0.3 is 4.98 Å².